The van der Waals surface area contributed by atoms with E-state index in [1.54, 1.807) is 12.0 Å². The molecule has 0 radical (unpaired) electrons. The number of methoxy groups -OCH3 is 1. The van der Waals surface area contributed by atoms with Crippen LogP contribution in [0.15, 0.2) is 107 Å². The normalized spacial score (nSPS) is 14.8. The van der Waals surface area contributed by atoms with E-state index in [-0.39, 0.29) is 5.91 Å². The predicted molar refractivity (Wildman–Crippen MR) is 135 cm³/mol. The third kappa shape index (κ3) is 3.74. The molecule has 0 atom stereocenters. The van der Waals surface area contributed by atoms with E-state index < -0.39 is 0 Å². The van der Waals surface area contributed by atoms with E-state index in [1.807, 2.05) is 78.9 Å². The molecule has 0 fully saturated rings. The number of hydrogen-bond acceptors (Lipinski definition) is 2. The van der Waals surface area contributed by atoms with Crippen molar-refractivity contribution < 1.29 is 9.53 Å². The summed E-state index contributed by atoms with van der Waals surface area (Å²) in [5.41, 5.74) is 4.26. The summed E-state index contributed by atoms with van der Waals surface area (Å²) < 4.78 is 6.17. The van der Waals surface area contributed by atoms with Crippen molar-refractivity contribution in [2.75, 3.05) is 12.0 Å². The Balaban J connectivity index is 1.62. The molecule has 0 N–H and O–H groups in total. The van der Waals surface area contributed by atoms with Crippen LogP contribution in [0.1, 0.15) is 11.1 Å². The second-order valence-corrected chi connectivity index (χ2v) is 8.42. The number of amides is 1. The van der Waals surface area contributed by atoms with Crippen LogP contribution in [-0.2, 0) is 4.79 Å². The molecule has 4 heteroatoms. The Labute approximate surface area is 195 Å². The average molecular weight is 482 g/mol. The number of anilines is 1. The number of fused-ring (bicyclic) bond motifs is 1. The van der Waals surface area contributed by atoms with Gasteiger partial charge in [-0.3, -0.25) is 9.69 Å². The van der Waals surface area contributed by atoms with Gasteiger partial charge in [0.15, 0.2) is 0 Å². The molecule has 5 rings (SSSR count). The summed E-state index contributed by atoms with van der Waals surface area (Å²) in [6, 6.07) is 30.1. The van der Waals surface area contributed by atoms with Crippen molar-refractivity contribution in [3.8, 4) is 5.75 Å². The van der Waals surface area contributed by atoms with Crippen molar-refractivity contribution in [1.82, 2.24) is 0 Å². The van der Waals surface area contributed by atoms with E-state index in [4.69, 9.17) is 4.74 Å². The first-order chi connectivity index (χ1) is 15.6. The van der Waals surface area contributed by atoms with Crippen LogP contribution in [0, 0.1) is 0 Å². The molecule has 1 amide bonds. The number of rotatable bonds is 4. The monoisotopic (exact) mass is 481 g/mol. The zero-order valence-corrected chi connectivity index (χ0v) is 19.0. The summed E-state index contributed by atoms with van der Waals surface area (Å²) in [4.78, 5) is 15.4. The van der Waals surface area contributed by atoms with Crippen LogP contribution < -0.4 is 9.64 Å². The van der Waals surface area contributed by atoms with E-state index in [9.17, 15) is 4.79 Å². The number of benzene rings is 4. The molecular formula is C28H20BrNO2. The van der Waals surface area contributed by atoms with Gasteiger partial charge in [0.2, 0.25) is 0 Å². The van der Waals surface area contributed by atoms with Crippen molar-refractivity contribution in [2.24, 2.45) is 0 Å². The lowest BCUT2D eigenvalue weighted by molar-refractivity contribution is -0.113. The first-order valence-corrected chi connectivity index (χ1v) is 11.1. The van der Waals surface area contributed by atoms with E-state index in [0.717, 1.165) is 43.5 Å². The molecular weight excluding hydrogens is 462 g/mol. The number of carbonyl (C=O) groups excluding carboxylic acids is 1. The summed E-state index contributed by atoms with van der Waals surface area (Å²) in [5, 5.41) is 2.24. The number of halogens is 1. The minimum absolute atomic E-state index is 0.0499. The molecule has 0 saturated carbocycles. The van der Waals surface area contributed by atoms with Crippen LogP contribution >= 0.6 is 15.9 Å². The zero-order chi connectivity index (χ0) is 22.1. The Hall–Kier alpha value is -3.63. The van der Waals surface area contributed by atoms with Gasteiger partial charge in [0.1, 0.15) is 5.75 Å². The van der Waals surface area contributed by atoms with Gasteiger partial charge in [-0.2, -0.15) is 0 Å². The van der Waals surface area contributed by atoms with Crippen LogP contribution in [0.4, 0.5) is 5.69 Å². The molecule has 0 saturated heterocycles. The highest BCUT2D eigenvalue weighted by molar-refractivity contribution is 9.10. The quantitative estimate of drug-likeness (QED) is 0.291. The minimum atomic E-state index is -0.0499. The molecule has 0 spiro atoms. The third-order valence-electron chi connectivity index (χ3n) is 5.54. The average Bonchev–Trinajstić information content (AvgIpc) is 3.15. The number of ether oxygens (including phenoxy) is 1. The minimum Gasteiger partial charge on any atom is -0.496 e. The summed E-state index contributed by atoms with van der Waals surface area (Å²) in [5.74, 6) is 0.703. The van der Waals surface area contributed by atoms with E-state index >= 15 is 0 Å². The summed E-state index contributed by atoms with van der Waals surface area (Å²) in [6.45, 7) is 0. The standard InChI is InChI=1S/C28H20BrNO2/c1-32-27-14-11-19(16-25(27)29)15-23-18-26(21-8-3-2-4-9-21)30(28(23)31)24-13-12-20-7-5-6-10-22(20)17-24/h2-18H,1H3. The first-order valence-electron chi connectivity index (χ1n) is 10.3. The topological polar surface area (TPSA) is 29.5 Å². The van der Waals surface area contributed by atoms with Crippen LogP contribution in [0.2, 0.25) is 0 Å². The molecule has 156 valence electrons. The largest absolute Gasteiger partial charge is 0.496 e. The van der Waals surface area contributed by atoms with Crippen molar-refractivity contribution >= 4 is 50.1 Å². The van der Waals surface area contributed by atoms with Gasteiger partial charge in [0.25, 0.3) is 5.91 Å². The number of hydrogen-bond donors (Lipinski definition) is 0. The lowest BCUT2D eigenvalue weighted by Crippen LogP contribution is -2.24. The van der Waals surface area contributed by atoms with Crippen LogP contribution in [0.25, 0.3) is 22.5 Å². The van der Waals surface area contributed by atoms with Crippen LogP contribution in [0.3, 0.4) is 0 Å². The summed E-state index contributed by atoms with van der Waals surface area (Å²) >= 11 is 3.53. The van der Waals surface area contributed by atoms with Gasteiger partial charge >= 0.3 is 0 Å². The predicted octanol–water partition coefficient (Wildman–Crippen LogP) is 7.08. The Morgan fingerprint density at radius 2 is 1.59 bits per heavy atom. The molecule has 4 aromatic rings. The highest BCUT2D eigenvalue weighted by Crippen LogP contribution is 2.37. The molecule has 1 aliphatic heterocycles. The Kier molecular flexibility index (Phi) is 5.38. The summed E-state index contributed by atoms with van der Waals surface area (Å²) in [6.07, 6.45) is 3.88. The third-order valence-corrected chi connectivity index (χ3v) is 6.16. The molecule has 0 unspecified atom stereocenters. The maximum Gasteiger partial charge on any atom is 0.262 e. The molecule has 32 heavy (non-hydrogen) atoms. The molecule has 0 aliphatic carbocycles. The van der Waals surface area contributed by atoms with Crippen molar-refractivity contribution in [3.05, 3.63) is 118 Å². The number of carbonyl (C=O) groups is 1. The fraction of sp³-hybridized carbons (Fsp3) is 0.0357. The van der Waals surface area contributed by atoms with Crippen molar-refractivity contribution in [3.63, 3.8) is 0 Å². The maximum absolute atomic E-state index is 13.6. The number of nitrogens with zero attached hydrogens (tertiary/aromatic N) is 1. The molecule has 1 aliphatic rings. The van der Waals surface area contributed by atoms with Crippen molar-refractivity contribution in [2.45, 2.75) is 0 Å². The van der Waals surface area contributed by atoms with Gasteiger partial charge in [-0.1, -0.05) is 66.7 Å². The van der Waals surface area contributed by atoms with E-state index in [2.05, 4.69) is 40.2 Å². The lowest BCUT2D eigenvalue weighted by Gasteiger charge is -2.21. The fourth-order valence-electron chi connectivity index (χ4n) is 3.96. The second-order valence-electron chi connectivity index (χ2n) is 7.56. The molecule has 4 aromatic carbocycles. The first kappa shape index (κ1) is 20.3. The molecule has 0 bridgehead atoms. The van der Waals surface area contributed by atoms with Crippen LogP contribution in [-0.4, -0.2) is 13.0 Å². The van der Waals surface area contributed by atoms with Gasteiger partial charge in [0.05, 0.1) is 17.3 Å². The second kappa shape index (κ2) is 8.48. The molecule has 0 aromatic heterocycles. The van der Waals surface area contributed by atoms with Gasteiger partial charge in [0, 0.05) is 11.3 Å². The maximum atomic E-state index is 13.6. The van der Waals surface area contributed by atoms with E-state index in [0.29, 0.717) is 5.57 Å². The highest BCUT2D eigenvalue weighted by Gasteiger charge is 2.30. The molecule has 3 nitrogen and oxygen atoms in total. The zero-order valence-electron chi connectivity index (χ0n) is 17.5. The SMILES string of the molecule is COc1ccc(C=C2C=C(c3ccccc3)N(c3ccc4ccccc4c3)C2=O)cc1Br. The molecule has 1 heterocycles. The highest BCUT2D eigenvalue weighted by atomic mass is 79.9. The van der Waals surface area contributed by atoms with Crippen molar-refractivity contribution in [1.29, 1.82) is 0 Å². The van der Waals surface area contributed by atoms with Gasteiger partial charge in [-0.15, -0.1) is 0 Å². The van der Waals surface area contributed by atoms with Crippen LogP contribution in [0.5, 0.6) is 5.75 Å². The van der Waals surface area contributed by atoms with Gasteiger partial charge in [-0.25, -0.2) is 0 Å². The smallest absolute Gasteiger partial charge is 0.262 e. The Bertz CT molecular complexity index is 1390. The van der Waals surface area contributed by atoms with Gasteiger partial charge < -0.3 is 4.74 Å². The Morgan fingerprint density at radius 1 is 0.844 bits per heavy atom. The van der Waals surface area contributed by atoms with Gasteiger partial charge in [-0.05, 0) is 74.2 Å². The lowest BCUT2D eigenvalue weighted by atomic mass is 10.1. The summed E-state index contributed by atoms with van der Waals surface area (Å²) in [7, 11) is 1.63. The fourth-order valence-corrected chi connectivity index (χ4v) is 4.52. The van der Waals surface area contributed by atoms with E-state index in [1.165, 1.54) is 0 Å². The Morgan fingerprint density at radius 3 is 2.34 bits per heavy atom.